The maximum absolute atomic E-state index is 13.2. The molecule has 13 heteroatoms. The fourth-order valence-corrected chi connectivity index (χ4v) is 3.56. The summed E-state index contributed by atoms with van der Waals surface area (Å²) < 4.78 is 0. The standard InChI is InChI=1S/C24H35N7O6/c25-9-5-4-8-18(29-21(33)17(26)10-15-6-2-1-3-7-15)22(34)30-19(11-16-12-27-14-28-16)23(35)31-20(13-32)24(36)37/h1-3,6-7,12,14,17-20,32H,4-5,8-11,13,25-26H2,(H,27,28)(H,29,33)(H,30,34)(H,31,35)(H,36,37). The van der Waals surface area contributed by atoms with Gasteiger partial charge in [-0.3, -0.25) is 14.4 Å². The first-order valence-corrected chi connectivity index (χ1v) is 12.0. The highest BCUT2D eigenvalue weighted by Gasteiger charge is 2.30. The van der Waals surface area contributed by atoms with Gasteiger partial charge in [0, 0.05) is 18.3 Å². The monoisotopic (exact) mass is 517 g/mol. The van der Waals surface area contributed by atoms with Crippen LogP contribution in [0.25, 0.3) is 0 Å². The van der Waals surface area contributed by atoms with Crippen LogP contribution in [0.15, 0.2) is 42.9 Å². The van der Waals surface area contributed by atoms with Crippen molar-refractivity contribution in [3.8, 4) is 0 Å². The summed E-state index contributed by atoms with van der Waals surface area (Å²) in [7, 11) is 0. The van der Waals surface area contributed by atoms with Crippen LogP contribution >= 0.6 is 0 Å². The minimum atomic E-state index is -1.55. The number of carboxylic acid groups (broad SMARTS) is 1. The van der Waals surface area contributed by atoms with E-state index in [-0.39, 0.29) is 19.3 Å². The largest absolute Gasteiger partial charge is 0.480 e. The molecule has 0 saturated heterocycles. The van der Waals surface area contributed by atoms with Crippen molar-refractivity contribution < 1.29 is 29.4 Å². The highest BCUT2D eigenvalue weighted by atomic mass is 16.4. The Kier molecular flexibility index (Phi) is 12.2. The molecule has 0 fully saturated rings. The molecule has 202 valence electrons. The number of unbranched alkanes of at least 4 members (excludes halogenated alkanes) is 1. The molecule has 0 bridgehead atoms. The van der Waals surface area contributed by atoms with E-state index in [1.165, 1.54) is 12.5 Å². The molecule has 0 spiro atoms. The predicted octanol–water partition coefficient (Wildman–Crippen LogP) is -1.82. The van der Waals surface area contributed by atoms with Crippen LogP contribution in [0.1, 0.15) is 30.5 Å². The number of imidazole rings is 1. The number of aliphatic hydroxyl groups is 1. The van der Waals surface area contributed by atoms with Crippen molar-refractivity contribution >= 4 is 23.7 Å². The summed E-state index contributed by atoms with van der Waals surface area (Å²) in [6.07, 6.45) is 4.48. The van der Waals surface area contributed by atoms with E-state index < -0.39 is 54.5 Å². The number of carbonyl (C=O) groups is 4. The van der Waals surface area contributed by atoms with Gasteiger partial charge in [0.05, 0.1) is 19.0 Å². The second-order valence-corrected chi connectivity index (χ2v) is 8.57. The molecule has 1 aromatic carbocycles. The van der Waals surface area contributed by atoms with Gasteiger partial charge in [-0.25, -0.2) is 9.78 Å². The lowest BCUT2D eigenvalue weighted by Gasteiger charge is -2.25. The Balaban J connectivity index is 2.14. The summed E-state index contributed by atoms with van der Waals surface area (Å²) in [6.45, 7) is -0.429. The van der Waals surface area contributed by atoms with E-state index in [1.54, 1.807) is 0 Å². The number of aromatic nitrogens is 2. The van der Waals surface area contributed by atoms with Crippen LogP contribution in [0.2, 0.25) is 0 Å². The fraction of sp³-hybridized carbons (Fsp3) is 0.458. The molecule has 10 N–H and O–H groups in total. The molecule has 0 saturated carbocycles. The Labute approximate surface area is 214 Å². The number of rotatable bonds is 16. The first-order valence-electron chi connectivity index (χ1n) is 12.0. The number of carbonyl (C=O) groups excluding carboxylic acids is 3. The zero-order valence-corrected chi connectivity index (χ0v) is 20.4. The SMILES string of the molecule is NCCCCC(NC(=O)C(N)Cc1ccccc1)C(=O)NC(Cc1cnc[nH]1)C(=O)NC(CO)C(=O)O. The number of H-pyrrole nitrogens is 1. The molecule has 0 aliphatic heterocycles. The molecule has 37 heavy (non-hydrogen) atoms. The van der Waals surface area contributed by atoms with E-state index in [9.17, 15) is 24.3 Å². The highest BCUT2D eigenvalue weighted by molar-refractivity contribution is 5.94. The number of benzene rings is 1. The smallest absolute Gasteiger partial charge is 0.328 e. The van der Waals surface area contributed by atoms with Crippen molar-refractivity contribution in [2.24, 2.45) is 11.5 Å². The normalized spacial score (nSPS) is 14.1. The van der Waals surface area contributed by atoms with Gasteiger partial charge in [-0.15, -0.1) is 0 Å². The molecule has 13 nitrogen and oxygen atoms in total. The van der Waals surface area contributed by atoms with Crippen molar-refractivity contribution in [2.45, 2.75) is 56.3 Å². The van der Waals surface area contributed by atoms with Crippen molar-refractivity contribution in [3.63, 3.8) is 0 Å². The highest BCUT2D eigenvalue weighted by Crippen LogP contribution is 2.07. The van der Waals surface area contributed by atoms with Crippen LogP contribution < -0.4 is 27.4 Å². The summed E-state index contributed by atoms with van der Waals surface area (Å²) in [6, 6.07) is 4.52. The van der Waals surface area contributed by atoms with Gasteiger partial charge >= 0.3 is 5.97 Å². The van der Waals surface area contributed by atoms with Gasteiger partial charge < -0.3 is 42.6 Å². The third-order valence-corrected chi connectivity index (χ3v) is 5.62. The Morgan fingerprint density at radius 3 is 2.16 bits per heavy atom. The maximum Gasteiger partial charge on any atom is 0.328 e. The molecule has 0 radical (unpaired) electrons. The molecular formula is C24H35N7O6. The van der Waals surface area contributed by atoms with Gasteiger partial charge in [0.25, 0.3) is 0 Å². The maximum atomic E-state index is 13.2. The minimum absolute atomic E-state index is 0.0354. The third kappa shape index (κ3) is 9.99. The van der Waals surface area contributed by atoms with Gasteiger partial charge in [-0.2, -0.15) is 0 Å². The van der Waals surface area contributed by atoms with E-state index in [4.69, 9.17) is 16.6 Å². The van der Waals surface area contributed by atoms with Gasteiger partial charge in [0.1, 0.15) is 18.1 Å². The summed E-state index contributed by atoms with van der Waals surface area (Å²) in [5.74, 6) is -3.43. The molecule has 3 amide bonds. The summed E-state index contributed by atoms with van der Waals surface area (Å²) in [5.41, 5.74) is 13.0. The Hall–Kier alpha value is -3.81. The zero-order valence-electron chi connectivity index (χ0n) is 20.4. The first kappa shape index (κ1) is 29.4. The summed E-state index contributed by atoms with van der Waals surface area (Å²) in [5, 5.41) is 25.9. The lowest BCUT2D eigenvalue weighted by atomic mass is 10.0. The fourth-order valence-electron chi connectivity index (χ4n) is 3.56. The topological polar surface area (TPSA) is 226 Å². The van der Waals surface area contributed by atoms with Crippen LogP contribution in [0.4, 0.5) is 0 Å². The summed E-state index contributed by atoms with van der Waals surface area (Å²) >= 11 is 0. The number of hydrogen-bond acceptors (Lipinski definition) is 8. The van der Waals surface area contributed by atoms with E-state index in [1.807, 2.05) is 30.3 Å². The average molecular weight is 518 g/mol. The average Bonchev–Trinajstić information content (AvgIpc) is 3.39. The number of nitrogens with one attached hydrogen (secondary N) is 4. The van der Waals surface area contributed by atoms with Crippen LogP contribution in [0.3, 0.4) is 0 Å². The molecule has 1 heterocycles. The molecule has 2 aromatic rings. The van der Waals surface area contributed by atoms with Crippen LogP contribution in [0.5, 0.6) is 0 Å². The number of aliphatic carboxylic acids is 1. The van der Waals surface area contributed by atoms with Crippen LogP contribution in [-0.2, 0) is 32.0 Å². The van der Waals surface area contributed by atoms with Crippen LogP contribution in [-0.4, -0.2) is 81.2 Å². The molecule has 2 rings (SSSR count). The Morgan fingerprint density at radius 1 is 0.919 bits per heavy atom. The molecular weight excluding hydrogens is 482 g/mol. The molecule has 1 aromatic heterocycles. The predicted molar refractivity (Wildman–Crippen MR) is 134 cm³/mol. The second-order valence-electron chi connectivity index (χ2n) is 8.57. The van der Waals surface area contributed by atoms with E-state index in [2.05, 4.69) is 25.9 Å². The number of nitrogens with zero attached hydrogens (tertiary/aromatic N) is 1. The third-order valence-electron chi connectivity index (χ3n) is 5.62. The van der Waals surface area contributed by atoms with E-state index in [0.717, 1.165) is 5.56 Å². The number of amides is 3. The Morgan fingerprint density at radius 2 is 1.57 bits per heavy atom. The van der Waals surface area contributed by atoms with Gasteiger partial charge in [0.15, 0.2) is 0 Å². The minimum Gasteiger partial charge on any atom is -0.480 e. The van der Waals surface area contributed by atoms with Crippen molar-refractivity contribution in [2.75, 3.05) is 13.2 Å². The van der Waals surface area contributed by atoms with Crippen LogP contribution in [0, 0.1) is 0 Å². The van der Waals surface area contributed by atoms with Gasteiger partial charge in [-0.1, -0.05) is 30.3 Å². The number of aromatic amines is 1. The van der Waals surface area contributed by atoms with Crippen molar-refractivity contribution in [3.05, 3.63) is 54.1 Å². The number of aliphatic hydroxyl groups excluding tert-OH is 1. The van der Waals surface area contributed by atoms with Crippen molar-refractivity contribution in [1.29, 1.82) is 0 Å². The Bertz CT molecular complexity index is 1000. The molecule has 0 aliphatic rings. The molecule has 4 unspecified atom stereocenters. The van der Waals surface area contributed by atoms with E-state index >= 15 is 0 Å². The van der Waals surface area contributed by atoms with Gasteiger partial charge in [0.2, 0.25) is 17.7 Å². The van der Waals surface area contributed by atoms with Gasteiger partial charge in [-0.05, 0) is 37.8 Å². The number of nitrogens with two attached hydrogens (primary N) is 2. The second kappa shape index (κ2) is 15.3. The lowest BCUT2D eigenvalue weighted by Crippen LogP contribution is -2.58. The first-order chi connectivity index (χ1) is 17.7. The lowest BCUT2D eigenvalue weighted by molar-refractivity contribution is -0.143. The summed E-state index contributed by atoms with van der Waals surface area (Å²) in [4.78, 5) is 56.8. The molecule has 4 atom stereocenters. The quantitative estimate of drug-likeness (QED) is 0.117. The number of carboxylic acids is 1. The van der Waals surface area contributed by atoms with E-state index in [0.29, 0.717) is 25.1 Å². The molecule has 0 aliphatic carbocycles. The zero-order chi connectivity index (χ0) is 27.2. The van der Waals surface area contributed by atoms with Crippen molar-refractivity contribution in [1.82, 2.24) is 25.9 Å². The number of hydrogen-bond donors (Lipinski definition) is 8.